The van der Waals surface area contributed by atoms with Crippen molar-refractivity contribution in [1.82, 2.24) is 0 Å². The lowest BCUT2D eigenvalue weighted by atomic mass is 10.0. The van der Waals surface area contributed by atoms with Gasteiger partial charge in [0.1, 0.15) is 17.5 Å². The van der Waals surface area contributed by atoms with Gasteiger partial charge in [0.15, 0.2) is 0 Å². The monoisotopic (exact) mass is 222 g/mol. The SMILES string of the molecule is CC(=C1C=CC=C1)c1c(F)cc(F)cc1F. The maximum atomic E-state index is 13.5. The molecule has 0 saturated carbocycles. The van der Waals surface area contributed by atoms with E-state index in [0.717, 1.165) is 5.57 Å². The Balaban J connectivity index is 2.61. The van der Waals surface area contributed by atoms with Gasteiger partial charge in [-0.05, 0) is 18.1 Å². The highest BCUT2D eigenvalue weighted by Gasteiger charge is 2.15. The van der Waals surface area contributed by atoms with E-state index in [2.05, 4.69) is 0 Å². The van der Waals surface area contributed by atoms with Crippen LogP contribution in [-0.4, -0.2) is 0 Å². The lowest BCUT2D eigenvalue weighted by molar-refractivity contribution is 0.539. The maximum Gasteiger partial charge on any atom is 0.136 e. The summed E-state index contributed by atoms with van der Waals surface area (Å²) in [5.41, 5.74) is 1.01. The lowest BCUT2D eigenvalue weighted by Crippen LogP contribution is -1.96. The Bertz CT molecular complexity index is 485. The molecule has 0 nitrogen and oxygen atoms in total. The van der Waals surface area contributed by atoms with Crippen LogP contribution < -0.4 is 0 Å². The van der Waals surface area contributed by atoms with E-state index in [0.29, 0.717) is 17.7 Å². The van der Waals surface area contributed by atoms with Crippen molar-refractivity contribution >= 4 is 5.57 Å². The van der Waals surface area contributed by atoms with E-state index in [1.807, 2.05) is 0 Å². The van der Waals surface area contributed by atoms with E-state index in [1.54, 1.807) is 31.2 Å². The minimum absolute atomic E-state index is 0.174. The van der Waals surface area contributed by atoms with Crippen molar-refractivity contribution < 1.29 is 13.2 Å². The molecule has 0 bridgehead atoms. The largest absolute Gasteiger partial charge is 0.207 e. The minimum atomic E-state index is -0.908. The molecule has 1 aromatic rings. The fourth-order valence-electron chi connectivity index (χ4n) is 1.67. The van der Waals surface area contributed by atoms with Gasteiger partial charge in [0.25, 0.3) is 0 Å². The van der Waals surface area contributed by atoms with Crippen molar-refractivity contribution in [3.05, 3.63) is 65.0 Å². The molecule has 1 aliphatic rings. The first-order valence-electron chi connectivity index (χ1n) is 4.80. The molecule has 0 atom stereocenters. The Morgan fingerprint density at radius 1 is 0.938 bits per heavy atom. The van der Waals surface area contributed by atoms with Gasteiger partial charge < -0.3 is 0 Å². The highest BCUT2D eigenvalue weighted by molar-refractivity contribution is 5.73. The van der Waals surface area contributed by atoms with Crippen molar-refractivity contribution in [2.45, 2.75) is 6.92 Å². The van der Waals surface area contributed by atoms with Crippen LogP contribution in [-0.2, 0) is 0 Å². The summed E-state index contributed by atoms with van der Waals surface area (Å²) in [5.74, 6) is -2.67. The van der Waals surface area contributed by atoms with Gasteiger partial charge in [-0.3, -0.25) is 0 Å². The fraction of sp³-hybridized carbons (Fsp3) is 0.0769. The number of halogens is 3. The molecule has 0 spiro atoms. The summed E-state index contributed by atoms with van der Waals surface area (Å²) in [6.45, 7) is 1.61. The topological polar surface area (TPSA) is 0 Å². The Morgan fingerprint density at radius 2 is 1.44 bits per heavy atom. The molecular formula is C13H9F3. The Morgan fingerprint density at radius 3 is 1.94 bits per heavy atom. The Hall–Kier alpha value is -1.77. The van der Waals surface area contributed by atoms with Crippen molar-refractivity contribution in [3.8, 4) is 0 Å². The van der Waals surface area contributed by atoms with Crippen molar-refractivity contribution in [3.63, 3.8) is 0 Å². The predicted molar refractivity (Wildman–Crippen MR) is 57.2 cm³/mol. The van der Waals surface area contributed by atoms with E-state index in [9.17, 15) is 13.2 Å². The van der Waals surface area contributed by atoms with Crippen molar-refractivity contribution in [2.24, 2.45) is 0 Å². The number of hydrogen-bond donors (Lipinski definition) is 0. The van der Waals surface area contributed by atoms with Crippen LogP contribution in [0.1, 0.15) is 12.5 Å². The summed E-state index contributed by atoms with van der Waals surface area (Å²) in [7, 11) is 0. The van der Waals surface area contributed by atoms with Crippen LogP contribution in [0, 0.1) is 17.5 Å². The molecule has 1 aliphatic carbocycles. The summed E-state index contributed by atoms with van der Waals surface area (Å²) in [5, 5.41) is 0. The van der Waals surface area contributed by atoms with Gasteiger partial charge in [-0.15, -0.1) is 0 Å². The first kappa shape index (κ1) is 10.7. The molecule has 1 aromatic carbocycles. The highest BCUT2D eigenvalue weighted by atomic mass is 19.1. The van der Waals surface area contributed by atoms with E-state index < -0.39 is 17.5 Å². The quantitative estimate of drug-likeness (QED) is 0.673. The van der Waals surface area contributed by atoms with Crippen LogP contribution in [0.4, 0.5) is 13.2 Å². The molecule has 16 heavy (non-hydrogen) atoms. The average Bonchev–Trinajstić information content (AvgIpc) is 2.67. The molecule has 0 N–H and O–H groups in total. The van der Waals surface area contributed by atoms with E-state index in [-0.39, 0.29) is 5.56 Å². The number of benzene rings is 1. The highest BCUT2D eigenvalue weighted by Crippen LogP contribution is 2.27. The molecule has 0 saturated heterocycles. The van der Waals surface area contributed by atoms with Crippen LogP contribution in [0.15, 0.2) is 42.0 Å². The van der Waals surface area contributed by atoms with Gasteiger partial charge in [0, 0.05) is 17.7 Å². The molecule has 0 unspecified atom stereocenters. The van der Waals surface area contributed by atoms with Crippen LogP contribution >= 0.6 is 0 Å². The van der Waals surface area contributed by atoms with Crippen LogP contribution in [0.3, 0.4) is 0 Å². The van der Waals surface area contributed by atoms with Gasteiger partial charge >= 0.3 is 0 Å². The Kier molecular flexibility index (Phi) is 2.69. The van der Waals surface area contributed by atoms with Gasteiger partial charge in [0.2, 0.25) is 0 Å². The van der Waals surface area contributed by atoms with Gasteiger partial charge in [-0.2, -0.15) is 0 Å². The zero-order chi connectivity index (χ0) is 11.7. The van der Waals surface area contributed by atoms with Crippen LogP contribution in [0.5, 0.6) is 0 Å². The summed E-state index contributed by atoms with van der Waals surface area (Å²) < 4.78 is 39.6. The zero-order valence-corrected chi connectivity index (χ0v) is 8.60. The molecule has 2 rings (SSSR count). The normalized spacial score (nSPS) is 13.6. The zero-order valence-electron chi connectivity index (χ0n) is 8.60. The second-order valence-corrected chi connectivity index (χ2v) is 3.54. The first-order valence-corrected chi connectivity index (χ1v) is 4.80. The summed E-state index contributed by atoms with van der Waals surface area (Å²) in [6.07, 6.45) is 7.05. The minimum Gasteiger partial charge on any atom is -0.207 e. The molecule has 3 heteroatoms. The van der Waals surface area contributed by atoms with Crippen molar-refractivity contribution in [1.29, 1.82) is 0 Å². The van der Waals surface area contributed by atoms with Gasteiger partial charge in [-0.1, -0.05) is 24.3 Å². The molecule has 0 fully saturated rings. The first-order chi connectivity index (χ1) is 7.59. The van der Waals surface area contributed by atoms with Gasteiger partial charge in [-0.25, -0.2) is 13.2 Å². The predicted octanol–water partition coefficient (Wildman–Crippen LogP) is 4.00. The molecule has 0 radical (unpaired) electrons. The lowest BCUT2D eigenvalue weighted by Gasteiger charge is -2.07. The molecule has 0 amide bonds. The van der Waals surface area contributed by atoms with E-state index in [1.165, 1.54) is 0 Å². The van der Waals surface area contributed by atoms with Crippen molar-refractivity contribution in [2.75, 3.05) is 0 Å². The van der Waals surface area contributed by atoms with Crippen LogP contribution in [0.25, 0.3) is 5.57 Å². The fourth-order valence-corrected chi connectivity index (χ4v) is 1.67. The number of hydrogen-bond acceptors (Lipinski definition) is 0. The molecule has 0 aliphatic heterocycles. The summed E-state index contributed by atoms with van der Waals surface area (Å²) in [6, 6.07) is 1.37. The van der Waals surface area contributed by atoms with E-state index >= 15 is 0 Å². The standard InChI is InChI=1S/C13H9F3/c1-8(9-4-2-3-5-9)13-11(15)6-10(14)7-12(13)16/h2-7H,1H3. The molecule has 0 aromatic heterocycles. The maximum absolute atomic E-state index is 13.5. The smallest absolute Gasteiger partial charge is 0.136 e. The molecular weight excluding hydrogens is 213 g/mol. The average molecular weight is 222 g/mol. The molecule has 0 heterocycles. The molecule has 82 valence electrons. The third-order valence-corrected chi connectivity index (χ3v) is 2.48. The third-order valence-electron chi connectivity index (χ3n) is 2.48. The van der Waals surface area contributed by atoms with E-state index in [4.69, 9.17) is 0 Å². The second-order valence-electron chi connectivity index (χ2n) is 3.54. The summed E-state index contributed by atoms with van der Waals surface area (Å²) >= 11 is 0. The number of rotatable bonds is 1. The third kappa shape index (κ3) is 1.81. The second kappa shape index (κ2) is 4.00. The Labute approximate surface area is 91.4 Å². The van der Waals surface area contributed by atoms with Crippen LogP contribution in [0.2, 0.25) is 0 Å². The van der Waals surface area contributed by atoms with Gasteiger partial charge in [0.05, 0.1) is 0 Å². The number of allylic oxidation sites excluding steroid dienone is 6. The summed E-state index contributed by atoms with van der Waals surface area (Å²) in [4.78, 5) is 0.